The van der Waals surface area contributed by atoms with E-state index < -0.39 is 30.1 Å². The number of anilines is 1. The summed E-state index contributed by atoms with van der Waals surface area (Å²) in [6, 6.07) is 9.14. The number of aromatic nitrogens is 2. The van der Waals surface area contributed by atoms with Crippen molar-refractivity contribution >= 4 is 28.5 Å². The molecule has 0 bridgehead atoms. The number of rotatable bonds is 8. The van der Waals surface area contributed by atoms with Gasteiger partial charge in [-0.3, -0.25) is 10.1 Å². The first-order valence-electron chi connectivity index (χ1n) is 10.1. The normalized spacial score (nSPS) is 11.6. The number of halogens is 4. The molecular formula is C23H18F4N4O3S. The predicted octanol–water partition coefficient (Wildman–Crippen LogP) is 5.39. The highest BCUT2D eigenvalue weighted by molar-refractivity contribution is 7.15. The van der Waals surface area contributed by atoms with Crippen LogP contribution in [0.1, 0.15) is 28.6 Å². The Balaban J connectivity index is 1.77. The molecular weight excluding hydrogens is 488 g/mol. The molecule has 0 aliphatic carbocycles. The molecule has 0 saturated carbocycles. The summed E-state index contributed by atoms with van der Waals surface area (Å²) < 4.78 is 63.7. The zero-order valence-corrected chi connectivity index (χ0v) is 19.3. The van der Waals surface area contributed by atoms with Crippen LogP contribution >= 0.6 is 11.3 Å². The van der Waals surface area contributed by atoms with E-state index in [-0.39, 0.29) is 27.8 Å². The van der Waals surface area contributed by atoms with Crippen LogP contribution in [-0.2, 0) is 24.0 Å². The molecule has 12 heteroatoms. The maximum absolute atomic E-state index is 14.2. The summed E-state index contributed by atoms with van der Waals surface area (Å²) in [6.45, 7) is 1.42. The Bertz CT molecular complexity index is 1300. The molecule has 0 aliphatic heterocycles. The third-order valence-electron chi connectivity index (χ3n) is 4.62. The van der Waals surface area contributed by atoms with Crippen LogP contribution in [0, 0.1) is 17.1 Å². The van der Waals surface area contributed by atoms with Gasteiger partial charge in [0.2, 0.25) is 5.13 Å². The zero-order chi connectivity index (χ0) is 25.6. The molecule has 7 nitrogen and oxygen atoms in total. The van der Waals surface area contributed by atoms with Gasteiger partial charge in [-0.1, -0.05) is 36.5 Å². The van der Waals surface area contributed by atoms with Crippen LogP contribution in [-0.4, -0.2) is 23.2 Å². The van der Waals surface area contributed by atoms with Gasteiger partial charge in [-0.15, -0.1) is 10.2 Å². The molecule has 0 saturated heterocycles. The van der Waals surface area contributed by atoms with Gasteiger partial charge in [0.15, 0.2) is 11.5 Å². The van der Waals surface area contributed by atoms with Gasteiger partial charge in [0.05, 0.1) is 12.7 Å². The number of methoxy groups -OCH3 is 1. The monoisotopic (exact) mass is 506 g/mol. The number of nitrogens with one attached hydrogen (secondary N) is 1. The molecule has 1 aromatic heterocycles. The van der Waals surface area contributed by atoms with E-state index in [0.717, 1.165) is 11.1 Å². The maximum Gasteiger partial charge on any atom is 0.419 e. The lowest BCUT2D eigenvalue weighted by Gasteiger charge is -2.14. The average Bonchev–Trinajstić information content (AvgIpc) is 3.28. The third kappa shape index (κ3) is 6.33. The van der Waals surface area contributed by atoms with Gasteiger partial charge in [-0.25, -0.2) is 4.39 Å². The van der Waals surface area contributed by atoms with Crippen LogP contribution in [0.2, 0.25) is 0 Å². The standard InChI is InChI=1S/C23H18F4N4O3S/c1-3-19-30-31-22(35-19)29-21(32)15(11-28)9-13-7-8-17(18(10-13)33-2)34-12-14-5-4-6-16(20(14)24)23(25,26)27/h4-10H,3,12H2,1-2H3,(H,29,31,32)/b15-9+. The molecule has 35 heavy (non-hydrogen) atoms. The number of ether oxygens (including phenoxy) is 2. The minimum atomic E-state index is -4.83. The summed E-state index contributed by atoms with van der Waals surface area (Å²) in [5.41, 5.74) is -1.46. The molecule has 0 aliphatic rings. The summed E-state index contributed by atoms with van der Waals surface area (Å²) in [4.78, 5) is 12.4. The molecule has 0 fully saturated rings. The van der Waals surface area contributed by atoms with E-state index in [9.17, 15) is 27.6 Å². The first kappa shape index (κ1) is 25.6. The van der Waals surface area contributed by atoms with Crippen molar-refractivity contribution in [3.8, 4) is 17.6 Å². The van der Waals surface area contributed by atoms with Crippen molar-refractivity contribution in [2.24, 2.45) is 0 Å². The largest absolute Gasteiger partial charge is 0.493 e. The predicted molar refractivity (Wildman–Crippen MR) is 120 cm³/mol. The smallest absolute Gasteiger partial charge is 0.419 e. The lowest BCUT2D eigenvalue weighted by molar-refractivity contribution is -0.140. The highest BCUT2D eigenvalue weighted by Gasteiger charge is 2.34. The molecule has 2 aromatic carbocycles. The second-order valence-electron chi connectivity index (χ2n) is 6.95. The molecule has 0 radical (unpaired) electrons. The van der Waals surface area contributed by atoms with Crippen LogP contribution < -0.4 is 14.8 Å². The van der Waals surface area contributed by atoms with Gasteiger partial charge in [-0.05, 0) is 36.3 Å². The Morgan fingerprint density at radius 1 is 1.23 bits per heavy atom. The number of hydrogen-bond acceptors (Lipinski definition) is 7. The average molecular weight is 506 g/mol. The van der Waals surface area contributed by atoms with E-state index in [1.807, 2.05) is 13.0 Å². The SMILES string of the molecule is CCc1nnc(NC(=O)/C(C#N)=C/c2ccc(OCc3cccc(C(F)(F)F)c3F)c(OC)c2)s1. The molecule has 3 aromatic rings. The maximum atomic E-state index is 14.2. The van der Waals surface area contributed by atoms with Crippen LogP contribution in [0.4, 0.5) is 22.7 Å². The molecule has 1 N–H and O–H groups in total. The third-order valence-corrected chi connectivity index (χ3v) is 5.60. The Labute approximate surface area is 201 Å². The van der Waals surface area contributed by atoms with Crippen LogP contribution in [0.15, 0.2) is 42.0 Å². The highest BCUT2D eigenvalue weighted by Crippen LogP contribution is 2.34. The van der Waals surface area contributed by atoms with Gasteiger partial charge in [0, 0.05) is 5.56 Å². The quantitative estimate of drug-likeness (QED) is 0.250. The number of carbonyl (C=O) groups is 1. The van der Waals surface area contributed by atoms with Crippen molar-refractivity contribution in [3.05, 3.63) is 69.5 Å². The summed E-state index contributed by atoms with van der Waals surface area (Å²) in [7, 11) is 1.33. The number of alkyl halides is 3. The molecule has 182 valence electrons. The Morgan fingerprint density at radius 2 is 2.00 bits per heavy atom. The van der Waals surface area contributed by atoms with E-state index in [4.69, 9.17) is 9.47 Å². The fourth-order valence-electron chi connectivity index (χ4n) is 2.89. The first-order valence-corrected chi connectivity index (χ1v) is 10.9. The van der Waals surface area contributed by atoms with Gasteiger partial charge in [0.25, 0.3) is 5.91 Å². The van der Waals surface area contributed by atoms with Crippen LogP contribution in [0.3, 0.4) is 0 Å². The molecule has 0 spiro atoms. The van der Waals surface area contributed by atoms with Crippen molar-refractivity contribution in [1.82, 2.24) is 10.2 Å². The van der Waals surface area contributed by atoms with E-state index in [2.05, 4.69) is 15.5 Å². The van der Waals surface area contributed by atoms with Gasteiger partial charge in [-0.2, -0.15) is 18.4 Å². The van der Waals surface area contributed by atoms with Gasteiger partial charge < -0.3 is 9.47 Å². The summed E-state index contributed by atoms with van der Waals surface area (Å²) in [5.74, 6) is -1.79. The van der Waals surface area contributed by atoms with E-state index >= 15 is 0 Å². The number of nitriles is 1. The van der Waals surface area contributed by atoms with E-state index in [1.165, 1.54) is 48.8 Å². The van der Waals surface area contributed by atoms with Crippen molar-refractivity contribution in [3.63, 3.8) is 0 Å². The summed E-state index contributed by atoms with van der Waals surface area (Å²) >= 11 is 1.19. The summed E-state index contributed by atoms with van der Waals surface area (Å²) in [5, 5.41) is 20.6. The topological polar surface area (TPSA) is 97.1 Å². The number of aryl methyl sites for hydroxylation is 1. The lowest BCUT2D eigenvalue weighted by atomic mass is 10.1. The Hall–Kier alpha value is -3.98. The number of nitrogens with zero attached hydrogens (tertiary/aromatic N) is 3. The molecule has 0 atom stereocenters. The van der Waals surface area contributed by atoms with Crippen molar-refractivity contribution in [2.75, 3.05) is 12.4 Å². The first-order chi connectivity index (χ1) is 16.7. The second-order valence-corrected chi connectivity index (χ2v) is 8.02. The molecule has 1 heterocycles. The number of carbonyl (C=O) groups excluding carboxylic acids is 1. The number of amides is 1. The number of hydrogen-bond donors (Lipinski definition) is 1. The molecule has 3 rings (SSSR count). The minimum absolute atomic E-state index is 0.130. The van der Waals surface area contributed by atoms with E-state index in [0.29, 0.717) is 18.1 Å². The van der Waals surface area contributed by atoms with Gasteiger partial charge >= 0.3 is 6.18 Å². The number of benzene rings is 2. The fraction of sp³-hybridized carbons (Fsp3) is 0.217. The van der Waals surface area contributed by atoms with Crippen molar-refractivity contribution in [1.29, 1.82) is 5.26 Å². The van der Waals surface area contributed by atoms with Crippen molar-refractivity contribution in [2.45, 2.75) is 26.1 Å². The van der Waals surface area contributed by atoms with E-state index in [1.54, 1.807) is 0 Å². The lowest BCUT2D eigenvalue weighted by Crippen LogP contribution is -2.13. The molecule has 0 unspecified atom stereocenters. The van der Waals surface area contributed by atoms with Crippen LogP contribution in [0.5, 0.6) is 11.5 Å². The van der Waals surface area contributed by atoms with Crippen molar-refractivity contribution < 1.29 is 31.8 Å². The van der Waals surface area contributed by atoms with Gasteiger partial charge in [0.1, 0.15) is 29.1 Å². The second kappa shape index (κ2) is 11.0. The fourth-order valence-corrected chi connectivity index (χ4v) is 3.56. The Morgan fingerprint density at radius 3 is 2.63 bits per heavy atom. The summed E-state index contributed by atoms with van der Waals surface area (Å²) in [6.07, 6.45) is -2.86. The molecule has 1 amide bonds. The van der Waals surface area contributed by atoms with Crippen LogP contribution in [0.25, 0.3) is 6.08 Å². The Kier molecular flexibility index (Phi) is 8.03. The zero-order valence-electron chi connectivity index (χ0n) is 18.4. The minimum Gasteiger partial charge on any atom is -0.493 e. The highest BCUT2D eigenvalue weighted by atomic mass is 32.1.